The van der Waals surface area contributed by atoms with Crippen molar-refractivity contribution in [3.8, 4) is 0 Å². The van der Waals surface area contributed by atoms with Gasteiger partial charge in [-0.05, 0) is 36.0 Å². The number of carbonyl (C=O) groups is 1. The number of carbonyl (C=O) groups excluding carboxylic acids is 1. The van der Waals surface area contributed by atoms with E-state index in [4.69, 9.17) is 0 Å². The van der Waals surface area contributed by atoms with E-state index < -0.39 is 0 Å². The van der Waals surface area contributed by atoms with Gasteiger partial charge in [0.25, 0.3) is 5.56 Å². The van der Waals surface area contributed by atoms with E-state index in [1.54, 1.807) is 30.3 Å². The van der Waals surface area contributed by atoms with Gasteiger partial charge in [-0.25, -0.2) is 4.98 Å². The maximum absolute atomic E-state index is 12.0. The first-order valence-electron chi connectivity index (χ1n) is 5.86. The van der Waals surface area contributed by atoms with Gasteiger partial charge < -0.3 is 4.98 Å². The largest absolute Gasteiger partial charge is 0.318 e. The summed E-state index contributed by atoms with van der Waals surface area (Å²) in [7, 11) is 0. The monoisotopic (exact) mass is 283 g/mol. The number of hydrogen-bond acceptors (Lipinski definition) is 5. The Morgan fingerprint density at radius 3 is 2.70 bits per heavy atom. The maximum Gasteiger partial charge on any atom is 0.281 e. The Hall–Kier alpha value is -2.47. The number of thioether (sulfide) groups is 1. The minimum atomic E-state index is -0.377. The van der Waals surface area contributed by atoms with Crippen LogP contribution < -0.4 is 5.56 Å². The van der Waals surface area contributed by atoms with Crippen molar-refractivity contribution in [2.75, 3.05) is 0 Å². The highest BCUT2D eigenvalue weighted by Gasteiger charge is 2.13. The number of nitrogens with zero attached hydrogens (tertiary/aromatic N) is 2. The van der Waals surface area contributed by atoms with Crippen LogP contribution in [-0.4, -0.2) is 20.1 Å². The van der Waals surface area contributed by atoms with Gasteiger partial charge >= 0.3 is 0 Å². The highest BCUT2D eigenvalue weighted by atomic mass is 32.2. The Balaban J connectivity index is 1.97. The fraction of sp³-hybridized carbons (Fsp3) is 0. The first-order valence-corrected chi connectivity index (χ1v) is 6.68. The van der Waals surface area contributed by atoms with E-state index >= 15 is 0 Å². The van der Waals surface area contributed by atoms with E-state index in [0.29, 0.717) is 16.7 Å². The summed E-state index contributed by atoms with van der Waals surface area (Å²) in [5.74, 6) is 0. The molecule has 0 saturated carbocycles. The van der Waals surface area contributed by atoms with Crippen molar-refractivity contribution in [2.45, 2.75) is 5.03 Å². The van der Waals surface area contributed by atoms with E-state index in [-0.39, 0.29) is 15.7 Å². The molecule has 0 amide bonds. The molecule has 98 valence electrons. The molecule has 5 nitrogen and oxygen atoms in total. The predicted octanol–water partition coefficient (Wildman–Crippen LogP) is 2.25. The van der Waals surface area contributed by atoms with Crippen LogP contribution in [0.1, 0.15) is 10.5 Å². The van der Waals surface area contributed by atoms with Gasteiger partial charge in [-0.1, -0.05) is 18.2 Å². The Morgan fingerprint density at radius 2 is 1.90 bits per heavy atom. The van der Waals surface area contributed by atoms with Crippen LogP contribution in [0.15, 0.2) is 58.5 Å². The molecule has 0 bridgehead atoms. The van der Waals surface area contributed by atoms with E-state index in [1.807, 2.05) is 12.1 Å². The number of pyridine rings is 1. The Kier molecular flexibility index (Phi) is 3.30. The third-order valence-corrected chi connectivity index (χ3v) is 3.50. The molecule has 0 aliphatic rings. The Morgan fingerprint density at radius 1 is 1.10 bits per heavy atom. The summed E-state index contributed by atoms with van der Waals surface area (Å²) >= 11 is 0.782. The number of fused-ring (bicyclic) bond motifs is 1. The molecule has 0 radical (unpaired) electrons. The third-order valence-electron chi connectivity index (χ3n) is 2.63. The Labute approximate surface area is 118 Å². The molecule has 0 aliphatic heterocycles. The molecule has 6 heteroatoms. The molecule has 1 aromatic carbocycles. The zero-order valence-corrected chi connectivity index (χ0v) is 11.1. The van der Waals surface area contributed by atoms with Gasteiger partial charge in [0.1, 0.15) is 5.69 Å². The van der Waals surface area contributed by atoms with Crippen LogP contribution in [-0.2, 0) is 0 Å². The number of para-hydroxylation sites is 2. The van der Waals surface area contributed by atoms with Crippen LogP contribution in [0.4, 0.5) is 0 Å². The lowest BCUT2D eigenvalue weighted by atomic mass is 10.3. The van der Waals surface area contributed by atoms with Gasteiger partial charge in [0.15, 0.2) is 5.03 Å². The van der Waals surface area contributed by atoms with E-state index in [2.05, 4.69) is 15.0 Å². The summed E-state index contributed by atoms with van der Waals surface area (Å²) < 4.78 is 0. The fourth-order valence-corrected chi connectivity index (χ4v) is 2.39. The summed E-state index contributed by atoms with van der Waals surface area (Å²) in [6.07, 6.45) is 1.53. The van der Waals surface area contributed by atoms with Gasteiger partial charge in [0, 0.05) is 6.20 Å². The average molecular weight is 283 g/mol. The topological polar surface area (TPSA) is 75.7 Å². The van der Waals surface area contributed by atoms with E-state index in [9.17, 15) is 9.59 Å². The average Bonchev–Trinajstić information content (AvgIpc) is 2.49. The molecule has 0 spiro atoms. The SMILES string of the molecule is O=C(Sc1nc2ccccc2[nH]c1=O)c1ccccn1. The standard InChI is InChI=1S/C14H9N3O2S/c18-12-13(17-10-6-2-1-5-9(10)16-12)20-14(19)11-7-3-4-8-15-11/h1-8H,(H,16,18). The van der Waals surface area contributed by atoms with Crippen molar-refractivity contribution in [1.82, 2.24) is 15.0 Å². The van der Waals surface area contributed by atoms with Crippen molar-refractivity contribution in [2.24, 2.45) is 0 Å². The summed E-state index contributed by atoms with van der Waals surface area (Å²) in [6.45, 7) is 0. The van der Waals surface area contributed by atoms with Gasteiger partial charge in [-0.2, -0.15) is 0 Å². The van der Waals surface area contributed by atoms with Gasteiger partial charge in [0.05, 0.1) is 11.0 Å². The van der Waals surface area contributed by atoms with Crippen molar-refractivity contribution in [1.29, 1.82) is 0 Å². The number of hydrogen-bond donors (Lipinski definition) is 1. The minimum absolute atomic E-state index is 0.124. The number of benzene rings is 1. The highest BCUT2D eigenvalue weighted by molar-refractivity contribution is 8.14. The molecular weight excluding hydrogens is 274 g/mol. The van der Waals surface area contributed by atoms with E-state index in [1.165, 1.54) is 6.20 Å². The lowest BCUT2D eigenvalue weighted by molar-refractivity contribution is 0.108. The number of aromatic nitrogens is 3. The zero-order chi connectivity index (χ0) is 13.9. The van der Waals surface area contributed by atoms with Crippen LogP contribution in [0, 0.1) is 0 Å². The van der Waals surface area contributed by atoms with Crippen molar-refractivity contribution < 1.29 is 4.79 Å². The summed E-state index contributed by atoms with van der Waals surface area (Å²) in [5, 5.41) is -0.182. The molecular formula is C14H9N3O2S. The molecule has 0 fully saturated rings. The molecule has 1 N–H and O–H groups in total. The molecule has 2 heterocycles. The molecule has 0 aliphatic carbocycles. The second kappa shape index (κ2) is 5.26. The van der Waals surface area contributed by atoms with Crippen molar-refractivity contribution in [3.05, 3.63) is 64.7 Å². The number of nitrogens with one attached hydrogen (secondary N) is 1. The summed E-state index contributed by atoms with van der Waals surface area (Å²) in [5.41, 5.74) is 1.21. The van der Waals surface area contributed by atoms with Gasteiger partial charge in [-0.3, -0.25) is 14.6 Å². The molecule has 3 rings (SSSR count). The molecule has 0 atom stereocenters. The van der Waals surface area contributed by atoms with Crippen LogP contribution in [0.25, 0.3) is 11.0 Å². The first kappa shape index (κ1) is 12.6. The van der Waals surface area contributed by atoms with Crippen LogP contribution in [0.3, 0.4) is 0 Å². The maximum atomic E-state index is 12.0. The number of rotatable bonds is 2. The predicted molar refractivity (Wildman–Crippen MR) is 76.8 cm³/mol. The van der Waals surface area contributed by atoms with Crippen LogP contribution in [0.2, 0.25) is 0 Å². The van der Waals surface area contributed by atoms with Gasteiger partial charge in [0.2, 0.25) is 5.12 Å². The van der Waals surface area contributed by atoms with Crippen molar-refractivity contribution >= 4 is 27.9 Å². The van der Waals surface area contributed by atoms with E-state index in [0.717, 1.165) is 11.8 Å². The van der Waals surface area contributed by atoms with Crippen LogP contribution in [0.5, 0.6) is 0 Å². The number of aromatic amines is 1. The molecule has 0 unspecified atom stereocenters. The molecule has 0 saturated heterocycles. The van der Waals surface area contributed by atoms with Crippen LogP contribution >= 0.6 is 11.8 Å². The normalized spacial score (nSPS) is 10.6. The second-order valence-electron chi connectivity index (χ2n) is 3.99. The molecule has 3 aromatic rings. The first-order chi connectivity index (χ1) is 9.74. The van der Waals surface area contributed by atoms with Crippen molar-refractivity contribution in [3.63, 3.8) is 0 Å². The lowest BCUT2D eigenvalue weighted by Gasteiger charge is -2.01. The zero-order valence-electron chi connectivity index (χ0n) is 10.2. The lowest BCUT2D eigenvalue weighted by Crippen LogP contribution is -2.12. The highest BCUT2D eigenvalue weighted by Crippen LogP contribution is 2.18. The fourth-order valence-electron chi connectivity index (χ4n) is 1.71. The smallest absolute Gasteiger partial charge is 0.281 e. The quantitative estimate of drug-likeness (QED) is 0.730. The third kappa shape index (κ3) is 2.46. The summed E-state index contributed by atoms with van der Waals surface area (Å²) in [6, 6.07) is 12.2. The van der Waals surface area contributed by atoms with Gasteiger partial charge in [-0.15, -0.1) is 0 Å². The number of H-pyrrole nitrogens is 1. The summed E-state index contributed by atoms with van der Waals surface area (Å²) in [4.78, 5) is 34.8. The molecule has 2 aromatic heterocycles. The minimum Gasteiger partial charge on any atom is -0.318 e. The second-order valence-corrected chi connectivity index (χ2v) is 4.95. The Bertz CT molecular complexity index is 830. The molecule has 20 heavy (non-hydrogen) atoms.